The number of hydrogen-bond acceptors (Lipinski definition) is 5. The number of rotatable bonds is 4. The molecule has 2 heterocycles. The molecular weight excluding hydrogens is 448 g/mol. The summed E-state index contributed by atoms with van der Waals surface area (Å²) in [7, 11) is 0. The molecule has 2 aromatic carbocycles. The van der Waals surface area contributed by atoms with Crippen LogP contribution in [0.1, 0.15) is 17.5 Å². The molecule has 1 atom stereocenters. The Hall–Kier alpha value is -2.59. The molecule has 6 nitrogen and oxygen atoms in total. The van der Waals surface area contributed by atoms with Crippen LogP contribution in [0.15, 0.2) is 54.7 Å². The average Bonchev–Trinajstić information content (AvgIpc) is 3.14. The number of aliphatic hydroxyl groups is 1. The monoisotopic (exact) mass is 461 g/mol. The van der Waals surface area contributed by atoms with Gasteiger partial charge in [-0.2, -0.15) is 5.10 Å². The lowest BCUT2D eigenvalue weighted by Crippen LogP contribution is -2.08. The molecule has 0 amide bonds. The lowest BCUT2D eigenvalue weighted by atomic mass is 10.1. The molecule has 0 saturated heterocycles. The lowest BCUT2D eigenvalue weighted by Gasteiger charge is -2.14. The molecular formula is C18H13FIN5O. The van der Waals surface area contributed by atoms with E-state index in [-0.39, 0.29) is 11.6 Å². The molecule has 3 N–H and O–H groups in total. The van der Waals surface area contributed by atoms with Crippen molar-refractivity contribution in [1.82, 2.24) is 20.2 Å². The quantitative estimate of drug-likeness (QED) is 0.401. The first-order valence-electron chi connectivity index (χ1n) is 7.78. The van der Waals surface area contributed by atoms with Crippen LogP contribution in [-0.4, -0.2) is 25.3 Å². The Balaban J connectivity index is 1.82. The molecule has 0 aliphatic heterocycles. The predicted octanol–water partition coefficient (Wildman–Crippen LogP) is 3.92. The number of benzene rings is 2. The summed E-state index contributed by atoms with van der Waals surface area (Å²) >= 11 is 2.20. The van der Waals surface area contributed by atoms with E-state index in [9.17, 15) is 9.50 Å². The van der Waals surface area contributed by atoms with Crippen molar-refractivity contribution in [3.8, 4) is 0 Å². The van der Waals surface area contributed by atoms with Gasteiger partial charge in [-0.3, -0.25) is 5.10 Å². The van der Waals surface area contributed by atoms with Gasteiger partial charge in [0.2, 0.25) is 0 Å². The van der Waals surface area contributed by atoms with E-state index in [1.54, 1.807) is 12.3 Å². The maximum absolute atomic E-state index is 13.1. The second-order valence-corrected chi connectivity index (χ2v) is 6.88. The standard InChI is InChI=1S/C18H13FIN5O/c19-11-3-1-10(2-4-11)16(26)18-22-14-9-12(20)5-6-13(14)17(24-18)23-15-7-8-21-25-15/h1-9,16,26H,(H2,21,22,23,24,25). The van der Waals surface area contributed by atoms with Gasteiger partial charge in [0.1, 0.15) is 17.7 Å². The third-order valence-electron chi connectivity index (χ3n) is 3.85. The van der Waals surface area contributed by atoms with E-state index in [4.69, 9.17) is 0 Å². The third-order valence-corrected chi connectivity index (χ3v) is 4.52. The highest BCUT2D eigenvalue weighted by Gasteiger charge is 2.17. The molecule has 130 valence electrons. The lowest BCUT2D eigenvalue weighted by molar-refractivity contribution is 0.210. The highest BCUT2D eigenvalue weighted by Crippen LogP contribution is 2.28. The first-order valence-corrected chi connectivity index (χ1v) is 8.85. The molecule has 0 bridgehead atoms. The van der Waals surface area contributed by atoms with E-state index in [1.807, 2.05) is 18.2 Å². The molecule has 1 unspecified atom stereocenters. The smallest absolute Gasteiger partial charge is 0.164 e. The van der Waals surface area contributed by atoms with Crippen LogP contribution in [0.2, 0.25) is 0 Å². The summed E-state index contributed by atoms with van der Waals surface area (Å²) in [4.78, 5) is 8.98. The number of nitrogens with zero attached hydrogens (tertiary/aromatic N) is 3. The minimum Gasteiger partial charge on any atom is -0.380 e. The zero-order valence-electron chi connectivity index (χ0n) is 13.3. The van der Waals surface area contributed by atoms with E-state index in [0.29, 0.717) is 22.7 Å². The number of aromatic nitrogens is 4. The second-order valence-electron chi connectivity index (χ2n) is 5.63. The van der Waals surface area contributed by atoms with Crippen LogP contribution in [0.4, 0.5) is 16.0 Å². The number of hydrogen-bond donors (Lipinski definition) is 3. The van der Waals surface area contributed by atoms with Gasteiger partial charge in [0.25, 0.3) is 0 Å². The zero-order valence-corrected chi connectivity index (χ0v) is 15.5. The van der Waals surface area contributed by atoms with E-state index < -0.39 is 6.10 Å². The highest BCUT2D eigenvalue weighted by atomic mass is 127. The van der Waals surface area contributed by atoms with E-state index in [2.05, 4.69) is 48.1 Å². The van der Waals surface area contributed by atoms with Gasteiger partial charge in [0.15, 0.2) is 11.6 Å². The van der Waals surface area contributed by atoms with Gasteiger partial charge in [-0.25, -0.2) is 14.4 Å². The Bertz CT molecular complexity index is 1050. The summed E-state index contributed by atoms with van der Waals surface area (Å²) in [6.07, 6.45) is 0.626. The van der Waals surface area contributed by atoms with Crippen LogP contribution >= 0.6 is 22.6 Å². The summed E-state index contributed by atoms with van der Waals surface area (Å²) in [5, 5.41) is 21.4. The molecule has 4 rings (SSSR count). The molecule has 0 spiro atoms. The molecule has 8 heteroatoms. The van der Waals surface area contributed by atoms with Crippen LogP contribution in [0, 0.1) is 9.39 Å². The maximum atomic E-state index is 13.1. The Kier molecular flexibility index (Phi) is 4.51. The first kappa shape index (κ1) is 16.9. The summed E-state index contributed by atoms with van der Waals surface area (Å²) < 4.78 is 14.2. The van der Waals surface area contributed by atoms with Crippen molar-refractivity contribution in [3.05, 3.63) is 75.5 Å². The average molecular weight is 461 g/mol. The summed E-state index contributed by atoms with van der Waals surface area (Å²) in [5.74, 6) is 1.00. The Morgan fingerprint density at radius 2 is 1.88 bits per heavy atom. The van der Waals surface area contributed by atoms with Crippen LogP contribution < -0.4 is 5.32 Å². The van der Waals surface area contributed by atoms with Crippen LogP contribution in [-0.2, 0) is 0 Å². The van der Waals surface area contributed by atoms with Gasteiger partial charge in [-0.1, -0.05) is 12.1 Å². The fourth-order valence-corrected chi connectivity index (χ4v) is 3.06. The minimum atomic E-state index is -1.07. The Morgan fingerprint density at radius 3 is 2.62 bits per heavy atom. The molecule has 0 radical (unpaired) electrons. The Labute approximate surface area is 161 Å². The van der Waals surface area contributed by atoms with Crippen molar-refractivity contribution < 1.29 is 9.50 Å². The van der Waals surface area contributed by atoms with Gasteiger partial charge < -0.3 is 10.4 Å². The first-order chi connectivity index (χ1) is 12.6. The van der Waals surface area contributed by atoms with Crippen LogP contribution in [0.5, 0.6) is 0 Å². The second kappa shape index (κ2) is 6.96. The number of anilines is 2. The Morgan fingerprint density at radius 1 is 1.08 bits per heavy atom. The van der Waals surface area contributed by atoms with Crippen molar-refractivity contribution in [2.24, 2.45) is 0 Å². The van der Waals surface area contributed by atoms with Crippen molar-refractivity contribution in [3.63, 3.8) is 0 Å². The normalized spacial score (nSPS) is 12.3. The SMILES string of the molecule is OC(c1ccc(F)cc1)c1nc(Nc2cc[nH]n2)c2ccc(I)cc2n1. The largest absolute Gasteiger partial charge is 0.380 e. The fourth-order valence-electron chi connectivity index (χ4n) is 2.58. The number of nitrogens with one attached hydrogen (secondary N) is 2. The molecule has 0 fully saturated rings. The fraction of sp³-hybridized carbons (Fsp3) is 0.0556. The number of halogens is 2. The molecule has 4 aromatic rings. The van der Waals surface area contributed by atoms with Crippen molar-refractivity contribution in [2.75, 3.05) is 5.32 Å². The van der Waals surface area contributed by atoms with Gasteiger partial charge in [-0.15, -0.1) is 0 Å². The van der Waals surface area contributed by atoms with Crippen LogP contribution in [0.25, 0.3) is 10.9 Å². The molecule has 0 aliphatic rings. The molecule has 2 aromatic heterocycles. The zero-order chi connectivity index (χ0) is 18.1. The number of aromatic amines is 1. The van der Waals surface area contributed by atoms with Crippen molar-refractivity contribution in [1.29, 1.82) is 0 Å². The predicted molar refractivity (Wildman–Crippen MR) is 105 cm³/mol. The van der Waals surface area contributed by atoms with E-state index in [1.165, 1.54) is 24.3 Å². The minimum absolute atomic E-state index is 0.226. The van der Waals surface area contributed by atoms with E-state index >= 15 is 0 Å². The molecule has 0 saturated carbocycles. The summed E-state index contributed by atoms with van der Waals surface area (Å²) in [5.41, 5.74) is 1.21. The molecule has 26 heavy (non-hydrogen) atoms. The molecule has 0 aliphatic carbocycles. The maximum Gasteiger partial charge on any atom is 0.164 e. The van der Waals surface area contributed by atoms with Crippen molar-refractivity contribution in [2.45, 2.75) is 6.10 Å². The summed E-state index contributed by atoms with van der Waals surface area (Å²) in [6.45, 7) is 0. The number of fused-ring (bicyclic) bond motifs is 1. The topological polar surface area (TPSA) is 86.7 Å². The third kappa shape index (κ3) is 3.37. The van der Waals surface area contributed by atoms with Gasteiger partial charge in [-0.05, 0) is 58.5 Å². The van der Waals surface area contributed by atoms with Gasteiger partial charge in [0.05, 0.1) is 5.52 Å². The van der Waals surface area contributed by atoms with Gasteiger partial charge in [0, 0.05) is 21.2 Å². The van der Waals surface area contributed by atoms with Crippen LogP contribution in [0.3, 0.4) is 0 Å². The summed E-state index contributed by atoms with van der Waals surface area (Å²) in [6, 6.07) is 13.2. The highest BCUT2D eigenvalue weighted by molar-refractivity contribution is 14.1. The number of aliphatic hydroxyl groups excluding tert-OH is 1. The van der Waals surface area contributed by atoms with E-state index in [0.717, 1.165) is 8.96 Å². The van der Waals surface area contributed by atoms with Crippen molar-refractivity contribution >= 4 is 45.1 Å². The number of H-pyrrole nitrogens is 1. The van der Waals surface area contributed by atoms with Gasteiger partial charge >= 0.3 is 0 Å².